The van der Waals surface area contributed by atoms with Gasteiger partial charge in [-0.05, 0) is 31.2 Å². The molecule has 0 aliphatic heterocycles. The first kappa shape index (κ1) is 29.5. The van der Waals surface area contributed by atoms with Crippen LogP contribution in [0.15, 0.2) is 41.8 Å². The van der Waals surface area contributed by atoms with Gasteiger partial charge < -0.3 is 24.6 Å². The summed E-state index contributed by atoms with van der Waals surface area (Å²) in [4.78, 5) is 18.1. The molecular weight excluding hydrogens is 503 g/mol. The summed E-state index contributed by atoms with van der Waals surface area (Å²) in [7, 11) is 0.601. The van der Waals surface area contributed by atoms with Gasteiger partial charge in [-0.25, -0.2) is 18.2 Å². The number of hydrogen-bond donors (Lipinski definition) is 2. The Balaban J connectivity index is 2.12. The van der Waals surface area contributed by atoms with Crippen molar-refractivity contribution >= 4 is 21.7 Å². The number of sulfonamides is 1. The van der Waals surface area contributed by atoms with Crippen LogP contribution in [0.2, 0.25) is 0 Å². The lowest BCUT2D eigenvalue weighted by atomic mass is 10.0. The molecule has 2 rings (SSSR count). The van der Waals surface area contributed by atoms with Crippen LogP contribution < -0.4 is 5.32 Å². The summed E-state index contributed by atoms with van der Waals surface area (Å²) in [5.74, 6) is -0.385. The molecule has 3 atom stereocenters. The van der Waals surface area contributed by atoms with Gasteiger partial charge in [0.25, 0.3) is 10.0 Å². The van der Waals surface area contributed by atoms with Crippen LogP contribution in [0.3, 0.4) is 0 Å². The monoisotopic (exact) mass is 535 g/mol. The zero-order chi connectivity index (χ0) is 27.3. The Morgan fingerprint density at radius 1 is 1.22 bits per heavy atom. The first-order valence-corrected chi connectivity index (χ1v) is 12.5. The summed E-state index contributed by atoms with van der Waals surface area (Å²) in [5.41, 5.74) is -0.692. The van der Waals surface area contributed by atoms with E-state index in [1.807, 2.05) is 0 Å². The highest BCUT2D eigenvalue weighted by Gasteiger charge is 2.32. The molecule has 0 unspecified atom stereocenters. The van der Waals surface area contributed by atoms with E-state index in [-0.39, 0.29) is 36.3 Å². The molecule has 10 nitrogen and oxygen atoms in total. The Morgan fingerprint density at radius 3 is 2.31 bits per heavy atom. The third-order valence-electron chi connectivity index (χ3n) is 5.74. The number of amides is 2. The number of carbonyl (C=O) groups is 1. The Kier molecular flexibility index (Phi) is 9.88. The number of methoxy groups -OCH3 is 1. The van der Waals surface area contributed by atoms with Crippen LogP contribution in [0, 0.1) is 5.92 Å². The van der Waals surface area contributed by atoms with E-state index in [1.54, 1.807) is 20.9 Å². The van der Waals surface area contributed by atoms with Crippen molar-refractivity contribution in [3.63, 3.8) is 0 Å². The maximum absolute atomic E-state index is 12.9. The number of hydrogen-bond acceptors (Lipinski definition) is 6. The number of carbonyl (C=O) groups excluding carboxylic acids is 1. The lowest BCUT2D eigenvalue weighted by Crippen LogP contribution is -2.48. The highest BCUT2D eigenvalue weighted by atomic mass is 32.2. The number of urea groups is 1. The van der Waals surface area contributed by atoms with E-state index in [2.05, 4.69) is 10.3 Å². The van der Waals surface area contributed by atoms with E-state index >= 15 is 0 Å². The lowest BCUT2D eigenvalue weighted by molar-refractivity contribution is -0.137. The van der Waals surface area contributed by atoms with Gasteiger partial charge in [-0.1, -0.05) is 6.92 Å². The number of aliphatic hydroxyl groups is 1. The summed E-state index contributed by atoms with van der Waals surface area (Å²) in [6.45, 7) is 3.05. The number of benzene rings is 1. The third-order valence-corrected chi connectivity index (χ3v) is 7.44. The van der Waals surface area contributed by atoms with Crippen LogP contribution in [-0.2, 0) is 28.0 Å². The second-order valence-electron chi connectivity index (χ2n) is 8.60. The van der Waals surface area contributed by atoms with Gasteiger partial charge in [0.1, 0.15) is 0 Å². The van der Waals surface area contributed by atoms with E-state index in [0.717, 1.165) is 28.6 Å². The van der Waals surface area contributed by atoms with Gasteiger partial charge in [0, 0.05) is 52.1 Å². The van der Waals surface area contributed by atoms with Gasteiger partial charge in [0.15, 0.2) is 5.03 Å². The Labute approximate surface area is 208 Å². The van der Waals surface area contributed by atoms with Crippen LogP contribution >= 0.6 is 0 Å². The fourth-order valence-corrected chi connectivity index (χ4v) is 4.59. The lowest BCUT2D eigenvalue weighted by Gasteiger charge is -2.34. The van der Waals surface area contributed by atoms with Crippen molar-refractivity contribution in [1.29, 1.82) is 0 Å². The maximum Gasteiger partial charge on any atom is 0.416 e. The first-order chi connectivity index (χ1) is 16.7. The van der Waals surface area contributed by atoms with Gasteiger partial charge >= 0.3 is 12.2 Å². The average molecular weight is 536 g/mol. The number of likely N-dealkylation sites (N-methyl/N-ethyl adjacent to an activating group) is 1. The molecule has 0 aliphatic rings. The topological polar surface area (TPSA) is 117 Å². The van der Waals surface area contributed by atoms with E-state index in [1.165, 1.54) is 36.1 Å². The van der Waals surface area contributed by atoms with Crippen molar-refractivity contribution < 1.29 is 36.2 Å². The van der Waals surface area contributed by atoms with E-state index in [9.17, 15) is 31.5 Å². The van der Waals surface area contributed by atoms with Gasteiger partial charge in [-0.2, -0.15) is 17.5 Å². The minimum atomic E-state index is -4.50. The molecule has 2 amide bonds. The minimum Gasteiger partial charge on any atom is -0.394 e. The summed E-state index contributed by atoms with van der Waals surface area (Å²) < 4.78 is 72.2. The first-order valence-electron chi connectivity index (χ1n) is 11.0. The molecule has 0 saturated heterocycles. The Bertz CT molecular complexity index is 1110. The number of anilines is 1. The van der Waals surface area contributed by atoms with Crippen LogP contribution in [0.25, 0.3) is 0 Å². The average Bonchev–Trinajstić information content (AvgIpc) is 3.26. The van der Waals surface area contributed by atoms with Crippen molar-refractivity contribution in [3.05, 3.63) is 42.4 Å². The number of aromatic nitrogens is 2. The number of imidazole rings is 1. The SMILES string of the molecule is CO[C@H](CN(C)S(=O)(=O)c1cn(C)cn1)[C@@H](C)CN(C(=O)Nc1ccc(C(F)(F)F)cc1)[C@@H](C)CO. The number of nitrogens with one attached hydrogen (secondary N) is 1. The Morgan fingerprint density at radius 2 is 1.83 bits per heavy atom. The van der Waals surface area contributed by atoms with Gasteiger partial charge in [-0.3, -0.25) is 0 Å². The maximum atomic E-state index is 12.9. The highest BCUT2D eigenvalue weighted by Crippen LogP contribution is 2.30. The predicted octanol–water partition coefficient (Wildman–Crippen LogP) is 2.63. The third kappa shape index (κ3) is 7.41. The molecule has 0 saturated carbocycles. The molecule has 2 N–H and O–H groups in total. The summed E-state index contributed by atoms with van der Waals surface area (Å²) in [5, 5.41) is 12.1. The summed E-state index contributed by atoms with van der Waals surface area (Å²) in [6.07, 6.45) is -2.36. The Hall–Kier alpha value is -2.68. The molecule has 0 bridgehead atoms. The van der Waals surface area contributed by atoms with Gasteiger partial charge in [-0.15, -0.1) is 0 Å². The number of alkyl halides is 3. The minimum absolute atomic E-state index is 0.0293. The van der Waals surface area contributed by atoms with E-state index < -0.39 is 39.9 Å². The van der Waals surface area contributed by atoms with Crippen LogP contribution in [0.4, 0.5) is 23.7 Å². The number of nitrogens with zero attached hydrogens (tertiary/aromatic N) is 4. The molecule has 14 heteroatoms. The fraction of sp³-hybridized carbons (Fsp3) is 0.545. The smallest absolute Gasteiger partial charge is 0.394 e. The molecule has 36 heavy (non-hydrogen) atoms. The van der Waals surface area contributed by atoms with Crippen molar-refractivity contribution in [2.24, 2.45) is 13.0 Å². The van der Waals surface area contributed by atoms with Crippen molar-refractivity contribution in [2.75, 3.05) is 39.2 Å². The van der Waals surface area contributed by atoms with Crippen LogP contribution in [0.5, 0.6) is 0 Å². The number of rotatable bonds is 11. The molecular formula is C22H32F3N5O5S. The molecule has 1 heterocycles. The zero-order valence-electron chi connectivity index (χ0n) is 20.7. The second-order valence-corrected chi connectivity index (χ2v) is 10.6. The van der Waals surface area contributed by atoms with Crippen molar-refractivity contribution in [3.8, 4) is 0 Å². The standard InChI is InChI=1S/C22H32F3N5O5S/c1-15(19(35-5)11-29(4)36(33,34)20-12-28(3)14-26-20)10-30(16(2)13-31)21(32)27-18-8-6-17(7-9-18)22(23,24)25/h6-9,12,14-16,19,31H,10-11,13H2,1-5H3,(H,27,32)/t15-,16-,19+/m0/s1. The normalized spacial score (nSPS) is 14.9. The highest BCUT2D eigenvalue weighted by molar-refractivity contribution is 7.89. The fourth-order valence-electron chi connectivity index (χ4n) is 3.45. The number of halogens is 3. The molecule has 0 fully saturated rings. The van der Waals surface area contributed by atoms with Crippen LogP contribution in [0.1, 0.15) is 19.4 Å². The van der Waals surface area contributed by atoms with E-state index in [4.69, 9.17) is 4.74 Å². The molecule has 0 spiro atoms. The largest absolute Gasteiger partial charge is 0.416 e. The number of ether oxygens (including phenoxy) is 1. The van der Waals surface area contributed by atoms with Crippen molar-refractivity contribution in [2.45, 2.75) is 37.2 Å². The van der Waals surface area contributed by atoms with Gasteiger partial charge in [0.05, 0.1) is 30.6 Å². The van der Waals surface area contributed by atoms with E-state index in [0.29, 0.717) is 0 Å². The van der Waals surface area contributed by atoms with Gasteiger partial charge in [0.2, 0.25) is 0 Å². The predicted molar refractivity (Wildman–Crippen MR) is 127 cm³/mol. The van der Waals surface area contributed by atoms with Crippen molar-refractivity contribution in [1.82, 2.24) is 18.8 Å². The molecule has 0 aliphatic carbocycles. The number of aliphatic hydroxyl groups excluding tert-OH is 1. The molecule has 1 aromatic carbocycles. The summed E-state index contributed by atoms with van der Waals surface area (Å²) in [6, 6.07) is 2.73. The quantitative estimate of drug-likeness (QED) is 0.457. The molecule has 2 aromatic rings. The number of aryl methyl sites for hydroxylation is 1. The molecule has 1 aromatic heterocycles. The summed E-state index contributed by atoms with van der Waals surface area (Å²) >= 11 is 0. The second kappa shape index (κ2) is 12.0. The zero-order valence-corrected chi connectivity index (χ0v) is 21.5. The molecule has 202 valence electrons. The molecule has 0 radical (unpaired) electrons. The van der Waals surface area contributed by atoms with Crippen LogP contribution in [-0.4, -0.2) is 84.3 Å².